The summed E-state index contributed by atoms with van der Waals surface area (Å²) >= 11 is 0. The first-order valence-corrected chi connectivity index (χ1v) is 6.78. The van der Waals surface area contributed by atoms with Crippen LogP contribution in [0.5, 0.6) is 0 Å². The zero-order valence-corrected chi connectivity index (χ0v) is 11.1. The predicted molar refractivity (Wildman–Crippen MR) is 72.4 cm³/mol. The molecule has 0 aromatic heterocycles. The summed E-state index contributed by atoms with van der Waals surface area (Å²) < 4.78 is 5.10. The molecule has 0 bridgehead atoms. The van der Waals surface area contributed by atoms with Gasteiger partial charge in [0.15, 0.2) is 0 Å². The lowest BCUT2D eigenvalue weighted by Crippen LogP contribution is -2.32. The van der Waals surface area contributed by atoms with Crippen molar-refractivity contribution in [1.82, 2.24) is 5.32 Å². The third kappa shape index (κ3) is 3.55. The van der Waals surface area contributed by atoms with Crippen molar-refractivity contribution in [2.24, 2.45) is 0 Å². The van der Waals surface area contributed by atoms with Crippen molar-refractivity contribution >= 4 is 0 Å². The highest BCUT2D eigenvalue weighted by molar-refractivity contribution is 5.25. The Morgan fingerprint density at radius 3 is 2.50 bits per heavy atom. The maximum Gasteiger partial charge on any atom is 0.0713 e. The summed E-state index contributed by atoms with van der Waals surface area (Å²) in [6.45, 7) is 0.792. The molecule has 0 radical (unpaired) electrons. The minimum absolute atomic E-state index is 0.0599. The molecule has 1 aliphatic carbocycles. The number of benzene rings is 1. The van der Waals surface area contributed by atoms with Gasteiger partial charge in [0.05, 0.1) is 19.3 Å². The van der Waals surface area contributed by atoms with Gasteiger partial charge in [0.2, 0.25) is 0 Å². The Morgan fingerprint density at radius 1 is 1.28 bits per heavy atom. The maximum absolute atomic E-state index is 9.53. The smallest absolute Gasteiger partial charge is 0.0713 e. The van der Waals surface area contributed by atoms with Gasteiger partial charge in [-0.15, -0.1) is 0 Å². The summed E-state index contributed by atoms with van der Waals surface area (Å²) in [6, 6.07) is 8.93. The Balaban J connectivity index is 1.97. The van der Waals surface area contributed by atoms with Crippen LogP contribution in [0.4, 0.5) is 0 Å². The normalized spacial score (nSPS) is 18.1. The SMILES string of the molecule is COCc1ccc(C(CO)NC2CCCC2)cc1. The summed E-state index contributed by atoms with van der Waals surface area (Å²) in [6.07, 6.45) is 5.09. The van der Waals surface area contributed by atoms with Crippen molar-refractivity contribution in [3.8, 4) is 0 Å². The van der Waals surface area contributed by atoms with E-state index >= 15 is 0 Å². The minimum Gasteiger partial charge on any atom is -0.394 e. The third-order valence-corrected chi connectivity index (χ3v) is 3.67. The molecule has 3 nitrogen and oxygen atoms in total. The highest BCUT2D eigenvalue weighted by Gasteiger charge is 2.19. The molecule has 1 aliphatic rings. The lowest BCUT2D eigenvalue weighted by molar-refractivity contribution is 0.185. The van der Waals surface area contributed by atoms with Gasteiger partial charge in [-0.1, -0.05) is 37.1 Å². The molecule has 1 unspecified atom stereocenters. The van der Waals surface area contributed by atoms with Crippen LogP contribution in [-0.2, 0) is 11.3 Å². The van der Waals surface area contributed by atoms with Crippen molar-refractivity contribution in [1.29, 1.82) is 0 Å². The van der Waals surface area contributed by atoms with Crippen LogP contribution in [0.3, 0.4) is 0 Å². The molecule has 0 spiro atoms. The Hall–Kier alpha value is -0.900. The van der Waals surface area contributed by atoms with Crippen LogP contribution in [0.1, 0.15) is 42.9 Å². The number of methoxy groups -OCH3 is 1. The van der Waals surface area contributed by atoms with Gasteiger partial charge >= 0.3 is 0 Å². The molecular formula is C15H23NO2. The van der Waals surface area contributed by atoms with Crippen molar-refractivity contribution in [3.05, 3.63) is 35.4 Å². The fourth-order valence-electron chi connectivity index (χ4n) is 2.64. The van der Waals surface area contributed by atoms with E-state index in [2.05, 4.69) is 29.6 Å². The van der Waals surface area contributed by atoms with Gasteiger partial charge in [0, 0.05) is 13.2 Å². The second-order valence-electron chi connectivity index (χ2n) is 5.06. The first-order chi connectivity index (χ1) is 8.83. The molecule has 0 saturated heterocycles. The number of nitrogens with one attached hydrogen (secondary N) is 1. The van der Waals surface area contributed by atoms with E-state index in [1.165, 1.54) is 31.2 Å². The average molecular weight is 249 g/mol. The molecule has 0 heterocycles. The average Bonchev–Trinajstić information content (AvgIpc) is 2.90. The Kier molecular flexibility index (Phi) is 5.17. The Labute approximate surface area is 109 Å². The molecule has 0 amide bonds. The first kappa shape index (κ1) is 13.5. The molecule has 1 aromatic rings. The van der Waals surface area contributed by atoms with Gasteiger partial charge in [-0.2, -0.15) is 0 Å². The summed E-state index contributed by atoms with van der Waals surface area (Å²) in [5.74, 6) is 0. The van der Waals surface area contributed by atoms with Crippen LogP contribution < -0.4 is 5.32 Å². The maximum atomic E-state index is 9.53. The molecule has 1 saturated carbocycles. The molecule has 1 aromatic carbocycles. The van der Waals surface area contributed by atoms with Crippen molar-refractivity contribution in [2.75, 3.05) is 13.7 Å². The zero-order valence-electron chi connectivity index (χ0n) is 11.1. The van der Waals surface area contributed by atoms with Crippen molar-refractivity contribution in [3.63, 3.8) is 0 Å². The molecule has 2 N–H and O–H groups in total. The van der Waals surface area contributed by atoms with E-state index < -0.39 is 0 Å². The van der Waals surface area contributed by atoms with Crippen LogP contribution in [-0.4, -0.2) is 24.9 Å². The molecule has 2 rings (SSSR count). The number of hydrogen-bond donors (Lipinski definition) is 2. The molecule has 1 fully saturated rings. The van der Waals surface area contributed by atoms with E-state index in [9.17, 15) is 5.11 Å². The minimum atomic E-state index is 0.0599. The quantitative estimate of drug-likeness (QED) is 0.813. The van der Waals surface area contributed by atoms with Crippen molar-refractivity contribution < 1.29 is 9.84 Å². The third-order valence-electron chi connectivity index (χ3n) is 3.67. The van der Waals surface area contributed by atoms with Crippen molar-refractivity contribution in [2.45, 2.75) is 44.4 Å². The summed E-state index contributed by atoms with van der Waals surface area (Å²) in [5, 5.41) is 13.1. The van der Waals surface area contributed by atoms with Crippen LogP contribution in [0.25, 0.3) is 0 Å². The second-order valence-corrected chi connectivity index (χ2v) is 5.06. The highest BCUT2D eigenvalue weighted by atomic mass is 16.5. The zero-order chi connectivity index (χ0) is 12.8. The molecular weight excluding hydrogens is 226 g/mol. The van der Waals surface area contributed by atoms with E-state index in [0.717, 1.165) is 5.56 Å². The monoisotopic (exact) mass is 249 g/mol. The number of rotatable bonds is 6. The van der Waals surface area contributed by atoms with E-state index in [1.807, 2.05) is 0 Å². The van der Waals surface area contributed by atoms with Gasteiger partial charge < -0.3 is 15.2 Å². The number of aliphatic hydroxyl groups excluding tert-OH is 1. The molecule has 100 valence electrons. The van der Waals surface area contributed by atoms with Gasteiger partial charge in [-0.05, 0) is 24.0 Å². The summed E-state index contributed by atoms with van der Waals surface area (Å²) in [5.41, 5.74) is 2.32. The number of hydrogen-bond acceptors (Lipinski definition) is 3. The number of aliphatic hydroxyl groups is 1. The van der Waals surface area contributed by atoms with Gasteiger partial charge in [0.1, 0.15) is 0 Å². The predicted octanol–water partition coefficient (Wildman–Crippen LogP) is 2.40. The lowest BCUT2D eigenvalue weighted by atomic mass is 10.0. The van der Waals surface area contributed by atoms with E-state index in [1.54, 1.807) is 7.11 Å². The van der Waals surface area contributed by atoms with Crippen LogP contribution >= 0.6 is 0 Å². The Bertz CT molecular complexity index is 344. The fourth-order valence-corrected chi connectivity index (χ4v) is 2.64. The summed E-state index contributed by atoms with van der Waals surface area (Å²) in [4.78, 5) is 0. The largest absolute Gasteiger partial charge is 0.394 e. The summed E-state index contributed by atoms with van der Waals surface area (Å²) in [7, 11) is 1.70. The van der Waals surface area contributed by atoms with Gasteiger partial charge in [0.25, 0.3) is 0 Å². The first-order valence-electron chi connectivity index (χ1n) is 6.78. The van der Waals surface area contributed by atoms with E-state index in [-0.39, 0.29) is 12.6 Å². The Morgan fingerprint density at radius 2 is 1.94 bits per heavy atom. The molecule has 0 aliphatic heterocycles. The van der Waals surface area contributed by atoms with Crippen LogP contribution in [0, 0.1) is 0 Å². The highest BCUT2D eigenvalue weighted by Crippen LogP contribution is 2.22. The van der Waals surface area contributed by atoms with E-state index in [0.29, 0.717) is 12.6 Å². The second kappa shape index (κ2) is 6.88. The van der Waals surface area contributed by atoms with Gasteiger partial charge in [-0.3, -0.25) is 0 Å². The van der Waals surface area contributed by atoms with Crippen LogP contribution in [0.2, 0.25) is 0 Å². The standard InChI is InChI=1S/C15H23NO2/c1-18-11-12-6-8-13(9-7-12)15(10-17)16-14-4-2-3-5-14/h6-9,14-17H,2-5,10-11H2,1H3. The topological polar surface area (TPSA) is 41.5 Å². The molecule has 3 heteroatoms. The lowest BCUT2D eigenvalue weighted by Gasteiger charge is -2.21. The molecule has 1 atom stereocenters. The van der Waals surface area contributed by atoms with Gasteiger partial charge in [-0.25, -0.2) is 0 Å². The fraction of sp³-hybridized carbons (Fsp3) is 0.600. The van der Waals surface area contributed by atoms with Crippen LogP contribution in [0.15, 0.2) is 24.3 Å². The van der Waals surface area contributed by atoms with E-state index in [4.69, 9.17) is 4.74 Å². The molecule has 18 heavy (non-hydrogen) atoms. The number of ether oxygens (including phenoxy) is 1.